The summed E-state index contributed by atoms with van der Waals surface area (Å²) in [5, 5.41) is 49.4. The van der Waals surface area contributed by atoms with E-state index in [1.165, 1.54) is 31.6 Å². The van der Waals surface area contributed by atoms with Gasteiger partial charge in [-0.1, -0.05) is 12.1 Å². The number of phenolic OH excluding ortho intramolecular Hbond substituents is 1. The summed E-state index contributed by atoms with van der Waals surface area (Å²) in [6.07, 6.45) is -3.33. The molecule has 5 N–H and O–H groups in total. The van der Waals surface area contributed by atoms with E-state index in [0.717, 1.165) is 0 Å². The Morgan fingerprint density at radius 2 is 1.79 bits per heavy atom. The molecular weight excluding hydrogens is 504 g/mol. The molecule has 1 aromatic carbocycles. The molecule has 0 spiro atoms. The Balaban J connectivity index is 1.46. The van der Waals surface area contributed by atoms with Gasteiger partial charge in [-0.25, -0.2) is 9.59 Å². The Bertz CT molecular complexity index is 1040. The van der Waals surface area contributed by atoms with Crippen molar-refractivity contribution in [3.63, 3.8) is 0 Å². The van der Waals surface area contributed by atoms with Gasteiger partial charge in [0.1, 0.15) is 30.2 Å². The summed E-state index contributed by atoms with van der Waals surface area (Å²) in [5.41, 5.74) is 0.995. The number of ether oxygens (including phenoxy) is 5. The van der Waals surface area contributed by atoms with E-state index < -0.39 is 61.5 Å². The number of aliphatic hydroxyl groups excluding tert-OH is 4. The quantitative estimate of drug-likeness (QED) is 0.219. The number of benzene rings is 1. The van der Waals surface area contributed by atoms with Crippen LogP contribution in [0.3, 0.4) is 0 Å². The van der Waals surface area contributed by atoms with Crippen LogP contribution in [0.15, 0.2) is 42.2 Å². The molecule has 0 unspecified atom stereocenters. The van der Waals surface area contributed by atoms with Gasteiger partial charge >= 0.3 is 11.9 Å². The lowest BCUT2D eigenvalue weighted by Crippen LogP contribution is -2.60. The standard InChI is InChI=1S/C26H32O12/c1-34-24(33)17-12-36-25(38-26-23(32)22(31)21(30)18(10-27)37-26)20-14(5-8-16(17)20)11-35-19(29)9-4-13-2-6-15(28)7-3-13/h2-4,6-7,9,12,14,16,18,20-23,25-28,30-32H,5,8,10-11H2,1H3/t14-,16-,18-,20-,21-,22+,23-,25+,26+/m1/s1. The summed E-state index contributed by atoms with van der Waals surface area (Å²) < 4.78 is 27.4. The summed E-state index contributed by atoms with van der Waals surface area (Å²) in [5.74, 6) is -2.21. The van der Waals surface area contributed by atoms with Gasteiger partial charge in [-0.15, -0.1) is 0 Å². The van der Waals surface area contributed by atoms with Crippen LogP contribution in [0.4, 0.5) is 0 Å². The molecule has 3 aliphatic rings. The third kappa shape index (κ3) is 6.01. The van der Waals surface area contributed by atoms with Crippen molar-refractivity contribution >= 4 is 18.0 Å². The van der Waals surface area contributed by atoms with Crippen LogP contribution >= 0.6 is 0 Å². The van der Waals surface area contributed by atoms with Crippen LogP contribution < -0.4 is 0 Å². The lowest BCUT2D eigenvalue weighted by atomic mass is 9.83. The number of phenols is 1. The number of esters is 2. The molecule has 9 atom stereocenters. The van der Waals surface area contributed by atoms with E-state index in [1.807, 2.05) is 0 Å². The van der Waals surface area contributed by atoms with Gasteiger partial charge in [-0.3, -0.25) is 0 Å². The molecule has 1 aliphatic carbocycles. The minimum Gasteiger partial charge on any atom is -0.508 e. The maximum Gasteiger partial charge on any atom is 0.337 e. The zero-order chi connectivity index (χ0) is 27.4. The van der Waals surface area contributed by atoms with E-state index in [9.17, 15) is 35.1 Å². The molecule has 2 fully saturated rings. The second-order valence-corrected chi connectivity index (χ2v) is 9.48. The molecule has 2 heterocycles. The van der Waals surface area contributed by atoms with Gasteiger partial charge in [0.25, 0.3) is 0 Å². The minimum absolute atomic E-state index is 0.00767. The Morgan fingerprint density at radius 1 is 1.05 bits per heavy atom. The van der Waals surface area contributed by atoms with Crippen LogP contribution in [-0.4, -0.2) is 94.8 Å². The molecule has 1 saturated carbocycles. The lowest BCUT2D eigenvalue weighted by Gasteiger charge is -2.43. The molecule has 1 saturated heterocycles. The van der Waals surface area contributed by atoms with E-state index >= 15 is 0 Å². The first-order chi connectivity index (χ1) is 18.2. The molecule has 12 heteroatoms. The summed E-state index contributed by atoms with van der Waals surface area (Å²) in [6.45, 7) is -0.628. The number of hydrogen-bond donors (Lipinski definition) is 5. The Morgan fingerprint density at radius 3 is 2.47 bits per heavy atom. The zero-order valence-corrected chi connectivity index (χ0v) is 20.7. The van der Waals surface area contributed by atoms with Crippen LogP contribution in [0.25, 0.3) is 6.08 Å². The number of methoxy groups -OCH3 is 1. The normalized spacial score (nSPS) is 34.8. The molecule has 0 amide bonds. The first-order valence-corrected chi connectivity index (χ1v) is 12.3. The van der Waals surface area contributed by atoms with Crippen molar-refractivity contribution in [2.75, 3.05) is 20.3 Å². The Kier molecular flexibility index (Phi) is 9.03. The average Bonchev–Trinajstić information content (AvgIpc) is 3.36. The predicted octanol–water partition coefficient (Wildman–Crippen LogP) is -0.179. The largest absolute Gasteiger partial charge is 0.508 e. The second kappa shape index (κ2) is 12.2. The fourth-order valence-corrected chi connectivity index (χ4v) is 5.13. The van der Waals surface area contributed by atoms with Gasteiger partial charge in [0.2, 0.25) is 6.29 Å². The van der Waals surface area contributed by atoms with Crippen LogP contribution in [0.1, 0.15) is 18.4 Å². The van der Waals surface area contributed by atoms with Crippen molar-refractivity contribution in [3.8, 4) is 5.75 Å². The fourth-order valence-electron chi connectivity index (χ4n) is 5.13. The van der Waals surface area contributed by atoms with Gasteiger partial charge in [0.05, 0.1) is 32.2 Å². The second-order valence-electron chi connectivity index (χ2n) is 9.48. The number of aromatic hydroxyl groups is 1. The van der Waals surface area contributed by atoms with Crippen molar-refractivity contribution in [1.29, 1.82) is 0 Å². The van der Waals surface area contributed by atoms with Crippen LogP contribution in [0, 0.1) is 17.8 Å². The molecular formula is C26H32O12. The highest BCUT2D eigenvalue weighted by molar-refractivity contribution is 5.89. The fraction of sp³-hybridized carbons (Fsp3) is 0.538. The van der Waals surface area contributed by atoms with E-state index in [4.69, 9.17) is 23.7 Å². The summed E-state index contributed by atoms with van der Waals surface area (Å²) in [4.78, 5) is 24.7. The molecule has 0 radical (unpaired) electrons. The van der Waals surface area contributed by atoms with Gasteiger partial charge in [-0.2, -0.15) is 0 Å². The molecule has 4 rings (SSSR count). The summed E-state index contributed by atoms with van der Waals surface area (Å²) in [6, 6.07) is 6.27. The average molecular weight is 537 g/mol. The van der Waals surface area contributed by atoms with Crippen LogP contribution in [0.5, 0.6) is 5.75 Å². The van der Waals surface area contributed by atoms with Crippen molar-refractivity contribution in [2.24, 2.45) is 17.8 Å². The van der Waals surface area contributed by atoms with Crippen LogP contribution in [-0.2, 0) is 33.3 Å². The van der Waals surface area contributed by atoms with Gasteiger partial charge in [0, 0.05) is 23.8 Å². The van der Waals surface area contributed by atoms with Crippen LogP contribution in [0.2, 0.25) is 0 Å². The minimum atomic E-state index is -1.64. The highest BCUT2D eigenvalue weighted by atomic mass is 16.8. The third-order valence-electron chi connectivity index (χ3n) is 7.18. The van der Waals surface area contributed by atoms with E-state index in [2.05, 4.69) is 0 Å². The number of hydrogen-bond acceptors (Lipinski definition) is 12. The highest BCUT2D eigenvalue weighted by Crippen LogP contribution is 2.47. The zero-order valence-electron chi connectivity index (χ0n) is 20.7. The molecule has 208 valence electrons. The van der Waals surface area contributed by atoms with Gasteiger partial charge < -0.3 is 49.2 Å². The lowest BCUT2D eigenvalue weighted by molar-refractivity contribution is -0.342. The first kappa shape index (κ1) is 28.0. The SMILES string of the molecule is COC(=O)C1=CO[C@@H](O[C@@H]2O[C@H](CO)[C@@H](O)[C@H](O)[C@H]2O)[C@@H]2[C@@H](COC(=O)C=Cc3ccc(O)cc3)CC[C@H]12. The first-order valence-electron chi connectivity index (χ1n) is 12.3. The Labute approximate surface area is 218 Å². The number of carbonyl (C=O) groups is 2. The predicted molar refractivity (Wildman–Crippen MR) is 128 cm³/mol. The number of carbonyl (C=O) groups excluding carboxylic acids is 2. The van der Waals surface area contributed by atoms with Gasteiger partial charge in [0.15, 0.2) is 6.29 Å². The third-order valence-corrected chi connectivity index (χ3v) is 7.18. The smallest absolute Gasteiger partial charge is 0.337 e. The van der Waals surface area contributed by atoms with E-state index in [1.54, 1.807) is 18.2 Å². The van der Waals surface area contributed by atoms with E-state index in [-0.39, 0.29) is 24.2 Å². The molecule has 1 aromatic rings. The summed E-state index contributed by atoms with van der Waals surface area (Å²) in [7, 11) is 1.25. The number of rotatable bonds is 8. The topological polar surface area (TPSA) is 181 Å². The molecule has 2 aliphatic heterocycles. The van der Waals surface area contributed by atoms with Crippen molar-refractivity contribution in [3.05, 3.63) is 47.7 Å². The molecule has 0 aromatic heterocycles. The van der Waals surface area contributed by atoms with E-state index in [0.29, 0.717) is 24.0 Å². The monoisotopic (exact) mass is 536 g/mol. The molecule has 38 heavy (non-hydrogen) atoms. The van der Waals surface area contributed by atoms with Crippen molar-refractivity contribution in [1.82, 2.24) is 0 Å². The molecule has 0 bridgehead atoms. The van der Waals surface area contributed by atoms with Gasteiger partial charge in [-0.05, 0) is 36.6 Å². The number of fused-ring (bicyclic) bond motifs is 1. The number of aliphatic hydroxyl groups is 4. The maximum absolute atomic E-state index is 12.4. The van der Waals surface area contributed by atoms with Crippen molar-refractivity contribution < 1.29 is 58.8 Å². The maximum atomic E-state index is 12.4. The van der Waals surface area contributed by atoms with Crippen molar-refractivity contribution in [2.45, 2.75) is 49.8 Å². The summed E-state index contributed by atoms with van der Waals surface area (Å²) >= 11 is 0. The highest BCUT2D eigenvalue weighted by Gasteiger charge is 2.52. The Hall–Kier alpha value is -3.00. The molecule has 12 nitrogen and oxygen atoms in total.